The van der Waals surface area contributed by atoms with Crippen molar-refractivity contribution in [1.29, 1.82) is 0 Å². The Morgan fingerprint density at radius 2 is 1.91 bits per heavy atom. The van der Waals surface area contributed by atoms with Gasteiger partial charge in [0.05, 0.1) is 11.3 Å². The summed E-state index contributed by atoms with van der Waals surface area (Å²) in [5.41, 5.74) is 3.66. The largest absolute Gasteiger partial charge is 0.345 e. The van der Waals surface area contributed by atoms with E-state index in [4.69, 9.17) is 0 Å². The highest BCUT2D eigenvalue weighted by Crippen LogP contribution is 2.11. The van der Waals surface area contributed by atoms with Crippen molar-refractivity contribution in [2.24, 2.45) is 0 Å². The van der Waals surface area contributed by atoms with Crippen LogP contribution in [0.4, 0.5) is 0 Å². The molecule has 4 nitrogen and oxygen atoms in total. The minimum absolute atomic E-state index is 0.00822. The summed E-state index contributed by atoms with van der Waals surface area (Å²) in [6.07, 6.45) is 8.74. The highest BCUT2D eigenvalue weighted by molar-refractivity contribution is 5.93. The molecule has 0 N–H and O–H groups in total. The van der Waals surface area contributed by atoms with Gasteiger partial charge in [-0.1, -0.05) is 42.5 Å². The van der Waals surface area contributed by atoms with Crippen LogP contribution in [0.15, 0.2) is 60.9 Å². The number of aromatic nitrogens is 2. The van der Waals surface area contributed by atoms with Crippen molar-refractivity contribution >= 4 is 17.6 Å². The van der Waals surface area contributed by atoms with Crippen molar-refractivity contribution in [3.05, 3.63) is 77.8 Å². The molecule has 0 aliphatic carbocycles. The Morgan fingerprint density at radius 1 is 1.13 bits per heavy atom. The molecule has 0 spiro atoms. The quantitative estimate of drug-likeness (QED) is 0.742. The van der Waals surface area contributed by atoms with Crippen LogP contribution < -0.4 is 0 Å². The molecule has 0 saturated heterocycles. The number of pyridine rings is 1. The van der Waals surface area contributed by atoms with Crippen molar-refractivity contribution in [2.45, 2.75) is 6.42 Å². The van der Waals surface area contributed by atoms with E-state index < -0.39 is 0 Å². The van der Waals surface area contributed by atoms with Gasteiger partial charge in [0.15, 0.2) is 0 Å². The van der Waals surface area contributed by atoms with Gasteiger partial charge in [0.1, 0.15) is 5.65 Å². The first-order chi connectivity index (χ1) is 11.1. The fraction of sp³-hybridized carbons (Fsp3) is 0.158. The summed E-state index contributed by atoms with van der Waals surface area (Å²) in [5, 5.41) is 0. The Morgan fingerprint density at radius 3 is 2.65 bits per heavy atom. The second-order valence-corrected chi connectivity index (χ2v) is 5.63. The van der Waals surface area contributed by atoms with Crippen LogP contribution in [0.1, 0.15) is 21.6 Å². The second kappa shape index (κ2) is 6.48. The maximum absolute atomic E-state index is 12.0. The molecule has 1 aromatic carbocycles. The van der Waals surface area contributed by atoms with E-state index in [2.05, 4.69) is 29.3 Å². The third kappa shape index (κ3) is 3.48. The van der Waals surface area contributed by atoms with Gasteiger partial charge in [0.2, 0.25) is 0 Å². The lowest BCUT2D eigenvalue weighted by atomic mass is 10.2. The summed E-state index contributed by atoms with van der Waals surface area (Å²) in [5.74, 6) is -0.00822. The smallest absolute Gasteiger partial charge is 0.254 e. The number of rotatable bonds is 4. The van der Waals surface area contributed by atoms with E-state index in [9.17, 15) is 4.79 Å². The molecule has 0 unspecified atom stereocenters. The van der Waals surface area contributed by atoms with E-state index in [1.807, 2.05) is 47.1 Å². The van der Waals surface area contributed by atoms with E-state index in [0.29, 0.717) is 5.56 Å². The molecule has 0 aliphatic heterocycles. The molecule has 0 atom stereocenters. The molecule has 0 radical (unpaired) electrons. The summed E-state index contributed by atoms with van der Waals surface area (Å²) < 4.78 is 1.91. The van der Waals surface area contributed by atoms with Crippen LogP contribution in [-0.2, 0) is 6.42 Å². The molecule has 1 amide bonds. The Balaban J connectivity index is 1.78. The molecule has 0 fully saturated rings. The minimum atomic E-state index is -0.00822. The van der Waals surface area contributed by atoms with Gasteiger partial charge in [-0.2, -0.15) is 0 Å². The van der Waals surface area contributed by atoms with Crippen molar-refractivity contribution in [1.82, 2.24) is 14.3 Å². The standard InChI is InChI=1S/C19H19N3O/c1-21(2)19(23)16-11-12-18-20-17(14-22(18)13-16)10-6-9-15-7-4-3-5-8-15/h3-9,11-14H,10H2,1-2H3. The average molecular weight is 305 g/mol. The molecule has 2 aromatic heterocycles. The molecule has 0 bridgehead atoms. The monoisotopic (exact) mass is 305 g/mol. The SMILES string of the molecule is CN(C)C(=O)c1ccc2nc(CC=Cc3ccccc3)cn2c1. The summed E-state index contributed by atoms with van der Waals surface area (Å²) in [6.45, 7) is 0. The molecule has 116 valence electrons. The highest BCUT2D eigenvalue weighted by Gasteiger charge is 2.09. The van der Waals surface area contributed by atoms with E-state index in [1.165, 1.54) is 5.56 Å². The fourth-order valence-corrected chi connectivity index (χ4v) is 2.41. The Labute approximate surface area is 135 Å². The zero-order chi connectivity index (χ0) is 16.2. The minimum Gasteiger partial charge on any atom is -0.345 e. The van der Waals surface area contributed by atoms with E-state index in [-0.39, 0.29) is 5.91 Å². The Kier molecular flexibility index (Phi) is 4.24. The normalized spacial score (nSPS) is 11.2. The van der Waals surface area contributed by atoms with Crippen molar-refractivity contribution in [2.75, 3.05) is 14.1 Å². The van der Waals surface area contributed by atoms with Crippen LogP contribution in [0, 0.1) is 0 Å². The number of hydrogen-bond donors (Lipinski definition) is 0. The van der Waals surface area contributed by atoms with Gasteiger partial charge in [0, 0.05) is 32.9 Å². The molecule has 4 heteroatoms. The van der Waals surface area contributed by atoms with Gasteiger partial charge >= 0.3 is 0 Å². The van der Waals surface area contributed by atoms with Crippen LogP contribution in [-0.4, -0.2) is 34.3 Å². The topological polar surface area (TPSA) is 37.6 Å². The lowest BCUT2D eigenvalue weighted by Gasteiger charge is -2.09. The first-order valence-corrected chi connectivity index (χ1v) is 7.54. The summed E-state index contributed by atoms with van der Waals surface area (Å²) in [4.78, 5) is 18.2. The van der Waals surface area contributed by atoms with Gasteiger partial charge in [-0.3, -0.25) is 4.79 Å². The summed E-state index contributed by atoms with van der Waals surface area (Å²) in [7, 11) is 3.50. The first kappa shape index (κ1) is 15.0. The molecule has 0 saturated carbocycles. The molecule has 0 aliphatic rings. The lowest BCUT2D eigenvalue weighted by molar-refractivity contribution is 0.0827. The predicted octanol–water partition coefficient (Wildman–Crippen LogP) is 3.29. The lowest BCUT2D eigenvalue weighted by Crippen LogP contribution is -2.21. The first-order valence-electron chi connectivity index (χ1n) is 7.54. The number of carbonyl (C=O) groups is 1. The van der Waals surface area contributed by atoms with Crippen LogP contribution in [0.3, 0.4) is 0 Å². The van der Waals surface area contributed by atoms with Gasteiger partial charge in [-0.05, 0) is 17.7 Å². The zero-order valence-electron chi connectivity index (χ0n) is 13.3. The van der Waals surface area contributed by atoms with E-state index in [1.54, 1.807) is 19.0 Å². The van der Waals surface area contributed by atoms with Gasteiger partial charge in [-0.25, -0.2) is 4.98 Å². The number of carbonyl (C=O) groups excluding carboxylic acids is 1. The van der Waals surface area contributed by atoms with Crippen LogP contribution >= 0.6 is 0 Å². The van der Waals surface area contributed by atoms with Gasteiger partial charge in [-0.15, -0.1) is 0 Å². The maximum Gasteiger partial charge on any atom is 0.254 e. The molecule has 3 rings (SSSR count). The maximum atomic E-state index is 12.0. The second-order valence-electron chi connectivity index (χ2n) is 5.63. The Bertz CT molecular complexity index is 847. The molecule has 3 aromatic rings. The number of hydrogen-bond acceptors (Lipinski definition) is 2. The number of imidazole rings is 1. The van der Waals surface area contributed by atoms with Crippen LogP contribution in [0.5, 0.6) is 0 Å². The Hall–Kier alpha value is -2.88. The van der Waals surface area contributed by atoms with Crippen molar-refractivity contribution < 1.29 is 4.79 Å². The van der Waals surface area contributed by atoms with Crippen molar-refractivity contribution in [3.8, 4) is 0 Å². The summed E-state index contributed by atoms with van der Waals surface area (Å²) in [6, 6.07) is 13.9. The van der Waals surface area contributed by atoms with Gasteiger partial charge in [0.25, 0.3) is 5.91 Å². The third-order valence-corrected chi connectivity index (χ3v) is 3.59. The van der Waals surface area contributed by atoms with E-state index >= 15 is 0 Å². The molecule has 2 heterocycles. The number of nitrogens with zero attached hydrogens (tertiary/aromatic N) is 3. The predicted molar refractivity (Wildman–Crippen MR) is 92.4 cm³/mol. The average Bonchev–Trinajstić information content (AvgIpc) is 2.96. The number of benzene rings is 1. The number of amides is 1. The van der Waals surface area contributed by atoms with Crippen LogP contribution in [0.2, 0.25) is 0 Å². The number of allylic oxidation sites excluding steroid dienone is 1. The molecule has 23 heavy (non-hydrogen) atoms. The summed E-state index contributed by atoms with van der Waals surface area (Å²) >= 11 is 0. The van der Waals surface area contributed by atoms with Crippen molar-refractivity contribution in [3.63, 3.8) is 0 Å². The zero-order valence-corrected chi connectivity index (χ0v) is 13.3. The molecular weight excluding hydrogens is 286 g/mol. The number of fused-ring (bicyclic) bond motifs is 1. The fourth-order valence-electron chi connectivity index (χ4n) is 2.41. The van der Waals surface area contributed by atoms with Gasteiger partial charge < -0.3 is 9.30 Å². The third-order valence-electron chi connectivity index (χ3n) is 3.59. The van der Waals surface area contributed by atoms with E-state index in [0.717, 1.165) is 17.8 Å². The van der Waals surface area contributed by atoms with Crippen LogP contribution in [0.25, 0.3) is 11.7 Å². The molecular formula is C19H19N3O. The highest BCUT2D eigenvalue weighted by atomic mass is 16.2.